The van der Waals surface area contributed by atoms with Gasteiger partial charge in [-0.1, -0.05) is 24.3 Å². The zero-order valence-corrected chi connectivity index (χ0v) is 15.2. The van der Waals surface area contributed by atoms with E-state index in [0.29, 0.717) is 23.6 Å². The van der Waals surface area contributed by atoms with E-state index in [1.807, 2.05) is 19.1 Å². The number of carbonyl (C=O) groups is 3. The maximum Gasteiger partial charge on any atom is 0.310 e. The maximum absolute atomic E-state index is 12.6. The van der Waals surface area contributed by atoms with E-state index in [1.54, 1.807) is 35.2 Å². The molecule has 3 amide bonds. The number of ether oxygens (including phenoxy) is 2. The molecule has 1 atom stereocenters. The first-order chi connectivity index (χ1) is 13.6. The summed E-state index contributed by atoms with van der Waals surface area (Å²) in [5.41, 5.74) is 2.21. The van der Waals surface area contributed by atoms with Gasteiger partial charge in [-0.15, -0.1) is 0 Å². The first-order valence-electron chi connectivity index (χ1n) is 8.96. The Balaban J connectivity index is 1.39. The van der Waals surface area contributed by atoms with Crippen molar-refractivity contribution in [2.75, 3.05) is 18.2 Å². The monoisotopic (exact) mass is 381 g/mol. The fourth-order valence-corrected chi connectivity index (χ4v) is 3.36. The number of carbonyl (C=O) groups excluding carboxylic acids is 3. The van der Waals surface area contributed by atoms with Crippen molar-refractivity contribution < 1.29 is 23.9 Å². The van der Waals surface area contributed by atoms with Crippen molar-refractivity contribution >= 4 is 23.4 Å². The lowest BCUT2D eigenvalue weighted by atomic mass is 10.1. The Kier molecular flexibility index (Phi) is 4.60. The van der Waals surface area contributed by atoms with Crippen molar-refractivity contribution in [1.82, 2.24) is 10.6 Å². The van der Waals surface area contributed by atoms with Crippen LogP contribution < -0.4 is 25.0 Å². The Labute approximate surface area is 161 Å². The SMILES string of the molecule is CCN1C(=O)[C@H](NC(=O)C(=O)NCc2ccc3c(c2)OCO3)c2ccccc21. The molecule has 8 heteroatoms. The van der Waals surface area contributed by atoms with E-state index in [9.17, 15) is 14.4 Å². The lowest BCUT2D eigenvalue weighted by Gasteiger charge is -2.15. The molecule has 2 aromatic rings. The minimum atomic E-state index is -0.861. The van der Waals surface area contributed by atoms with Gasteiger partial charge in [-0.05, 0) is 30.7 Å². The predicted octanol–water partition coefficient (Wildman–Crippen LogP) is 1.26. The Morgan fingerprint density at radius 2 is 1.89 bits per heavy atom. The number of fused-ring (bicyclic) bond motifs is 2. The molecule has 0 radical (unpaired) electrons. The Morgan fingerprint density at radius 3 is 2.71 bits per heavy atom. The van der Waals surface area contributed by atoms with Gasteiger partial charge in [0.2, 0.25) is 6.79 Å². The van der Waals surface area contributed by atoms with Crippen LogP contribution in [0.15, 0.2) is 42.5 Å². The van der Waals surface area contributed by atoms with Crippen molar-refractivity contribution in [1.29, 1.82) is 0 Å². The summed E-state index contributed by atoms with van der Waals surface area (Å²) in [4.78, 5) is 38.7. The molecule has 28 heavy (non-hydrogen) atoms. The molecule has 0 unspecified atom stereocenters. The summed E-state index contributed by atoms with van der Waals surface area (Å²) in [5, 5.41) is 5.10. The molecule has 2 heterocycles. The van der Waals surface area contributed by atoms with Crippen LogP contribution in [0.4, 0.5) is 5.69 Å². The summed E-state index contributed by atoms with van der Waals surface area (Å²) in [6.07, 6.45) is 0. The highest BCUT2D eigenvalue weighted by atomic mass is 16.7. The number of amides is 3. The summed E-state index contributed by atoms with van der Waals surface area (Å²) in [5.74, 6) is -0.666. The number of rotatable bonds is 4. The smallest absolute Gasteiger partial charge is 0.310 e. The van der Waals surface area contributed by atoms with Gasteiger partial charge in [0.25, 0.3) is 5.91 Å². The predicted molar refractivity (Wildman–Crippen MR) is 99.8 cm³/mol. The number of benzene rings is 2. The standard InChI is InChI=1S/C20H19N3O5/c1-2-23-14-6-4-3-5-13(14)17(20(23)26)22-19(25)18(24)21-10-12-7-8-15-16(9-12)28-11-27-15/h3-9,17H,2,10-11H2,1H3,(H,21,24)(H,22,25)/t17-/m1/s1. The average Bonchev–Trinajstić information content (AvgIpc) is 3.28. The minimum Gasteiger partial charge on any atom is -0.454 e. The highest BCUT2D eigenvalue weighted by molar-refractivity contribution is 6.35. The quantitative estimate of drug-likeness (QED) is 0.777. The number of anilines is 1. The van der Waals surface area contributed by atoms with Gasteiger partial charge in [0.15, 0.2) is 11.5 Å². The van der Waals surface area contributed by atoms with Crippen LogP contribution in [0.5, 0.6) is 11.5 Å². The lowest BCUT2D eigenvalue weighted by Crippen LogP contribution is -2.44. The van der Waals surface area contributed by atoms with Gasteiger partial charge in [-0.25, -0.2) is 0 Å². The normalized spacial score (nSPS) is 16.7. The van der Waals surface area contributed by atoms with Crippen LogP contribution in [0, 0.1) is 0 Å². The summed E-state index contributed by atoms with van der Waals surface area (Å²) >= 11 is 0. The number of likely N-dealkylation sites (N-methyl/N-ethyl adjacent to an activating group) is 1. The second kappa shape index (κ2) is 7.22. The molecule has 2 aliphatic heterocycles. The van der Waals surface area contributed by atoms with E-state index in [4.69, 9.17) is 9.47 Å². The average molecular weight is 381 g/mol. The molecule has 2 aliphatic rings. The highest BCUT2D eigenvalue weighted by Crippen LogP contribution is 2.35. The van der Waals surface area contributed by atoms with Gasteiger partial charge < -0.3 is 25.0 Å². The van der Waals surface area contributed by atoms with Crippen LogP contribution in [0.1, 0.15) is 24.1 Å². The van der Waals surface area contributed by atoms with Gasteiger partial charge in [0.05, 0.1) is 0 Å². The van der Waals surface area contributed by atoms with Crippen LogP contribution >= 0.6 is 0 Å². The molecule has 4 rings (SSSR count). The van der Waals surface area contributed by atoms with E-state index in [1.165, 1.54) is 0 Å². The van der Waals surface area contributed by atoms with Crippen LogP contribution in [0.3, 0.4) is 0 Å². The summed E-state index contributed by atoms with van der Waals surface area (Å²) in [7, 11) is 0. The molecule has 2 N–H and O–H groups in total. The Bertz CT molecular complexity index is 959. The largest absolute Gasteiger partial charge is 0.454 e. The van der Waals surface area contributed by atoms with Crippen LogP contribution in [-0.4, -0.2) is 31.1 Å². The number of hydrogen-bond acceptors (Lipinski definition) is 5. The highest BCUT2D eigenvalue weighted by Gasteiger charge is 2.38. The van der Waals surface area contributed by atoms with Gasteiger partial charge in [-0.3, -0.25) is 14.4 Å². The van der Waals surface area contributed by atoms with E-state index >= 15 is 0 Å². The fraction of sp³-hybridized carbons (Fsp3) is 0.250. The van der Waals surface area contributed by atoms with Crippen molar-refractivity contribution in [2.24, 2.45) is 0 Å². The van der Waals surface area contributed by atoms with Crippen molar-refractivity contribution in [3.05, 3.63) is 53.6 Å². The molecule has 8 nitrogen and oxygen atoms in total. The molecule has 0 bridgehead atoms. The molecular weight excluding hydrogens is 362 g/mol. The topological polar surface area (TPSA) is 97.0 Å². The first-order valence-corrected chi connectivity index (χ1v) is 8.96. The van der Waals surface area contributed by atoms with E-state index in [2.05, 4.69) is 10.6 Å². The molecule has 0 aliphatic carbocycles. The van der Waals surface area contributed by atoms with Crippen molar-refractivity contribution in [3.8, 4) is 11.5 Å². The molecule has 0 saturated carbocycles. The minimum absolute atomic E-state index is 0.152. The Morgan fingerprint density at radius 1 is 1.11 bits per heavy atom. The van der Waals surface area contributed by atoms with Crippen molar-refractivity contribution in [2.45, 2.75) is 19.5 Å². The molecule has 0 spiro atoms. The number of nitrogens with one attached hydrogen (secondary N) is 2. The van der Waals surface area contributed by atoms with Gasteiger partial charge in [0.1, 0.15) is 6.04 Å². The molecule has 0 aromatic heterocycles. The van der Waals surface area contributed by atoms with Crippen LogP contribution in [-0.2, 0) is 20.9 Å². The second-order valence-electron chi connectivity index (χ2n) is 6.42. The second-order valence-corrected chi connectivity index (χ2v) is 6.42. The fourth-order valence-electron chi connectivity index (χ4n) is 3.36. The van der Waals surface area contributed by atoms with Gasteiger partial charge >= 0.3 is 11.8 Å². The van der Waals surface area contributed by atoms with Gasteiger partial charge in [-0.2, -0.15) is 0 Å². The molecule has 0 saturated heterocycles. The molecular formula is C20H19N3O5. The van der Waals surface area contributed by atoms with Crippen LogP contribution in [0.2, 0.25) is 0 Å². The maximum atomic E-state index is 12.6. The number of hydrogen-bond donors (Lipinski definition) is 2. The Hall–Kier alpha value is -3.55. The van der Waals surface area contributed by atoms with Crippen molar-refractivity contribution in [3.63, 3.8) is 0 Å². The summed E-state index contributed by atoms with van der Waals surface area (Å²) < 4.78 is 10.5. The molecule has 144 valence electrons. The van der Waals surface area contributed by atoms with E-state index in [0.717, 1.165) is 11.3 Å². The lowest BCUT2D eigenvalue weighted by molar-refractivity contribution is -0.140. The van der Waals surface area contributed by atoms with E-state index < -0.39 is 17.9 Å². The third-order valence-corrected chi connectivity index (χ3v) is 4.74. The molecule has 0 fully saturated rings. The molecule has 2 aromatic carbocycles. The third kappa shape index (κ3) is 3.13. The number of para-hydroxylation sites is 1. The summed E-state index contributed by atoms with van der Waals surface area (Å²) in [6, 6.07) is 11.6. The zero-order valence-electron chi connectivity index (χ0n) is 15.2. The number of nitrogens with zero attached hydrogens (tertiary/aromatic N) is 1. The van der Waals surface area contributed by atoms with Gasteiger partial charge in [0, 0.05) is 24.3 Å². The summed E-state index contributed by atoms with van der Waals surface area (Å²) in [6.45, 7) is 2.66. The third-order valence-electron chi connectivity index (χ3n) is 4.74. The van der Waals surface area contributed by atoms with E-state index in [-0.39, 0.29) is 19.2 Å². The zero-order chi connectivity index (χ0) is 19.7. The first kappa shape index (κ1) is 17.8. The van der Waals surface area contributed by atoms with Crippen LogP contribution in [0.25, 0.3) is 0 Å².